The Kier molecular flexibility index (Phi) is 6.07. The second kappa shape index (κ2) is 9.39. The molecule has 0 aliphatic heterocycles. The molecule has 12 heteroatoms. The molecule has 190 valence electrons. The van der Waals surface area contributed by atoms with E-state index in [0.717, 1.165) is 11.8 Å². The Bertz CT molecular complexity index is 1690. The van der Waals surface area contributed by atoms with Crippen LogP contribution < -0.4 is 11.1 Å². The van der Waals surface area contributed by atoms with Crippen molar-refractivity contribution in [2.24, 2.45) is 0 Å². The van der Waals surface area contributed by atoms with Crippen molar-refractivity contribution < 1.29 is 23.1 Å². The maximum Gasteiger partial charge on any atom is 0.433 e. The third-order valence-corrected chi connectivity index (χ3v) is 5.78. The molecule has 0 atom stereocenters. The topological polar surface area (TPSA) is 140 Å². The summed E-state index contributed by atoms with van der Waals surface area (Å²) in [4.78, 5) is 32.5. The number of phenolic OH excluding ortho intramolecular Hbond substituents is 1. The van der Waals surface area contributed by atoms with E-state index < -0.39 is 23.7 Å². The quantitative estimate of drug-likeness (QED) is 0.302. The lowest BCUT2D eigenvalue weighted by Gasteiger charge is -2.16. The van der Waals surface area contributed by atoms with Gasteiger partial charge in [-0.2, -0.15) is 13.2 Å². The first-order valence-corrected chi connectivity index (χ1v) is 11.1. The number of aryl methyl sites for hydroxylation is 1. The summed E-state index contributed by atoms with van der Waals surface area (Å²) in [6, 6.07) is 10.5. The molecule has 9 nitrogen and oxygen atoms in total. The van der Waals surface area contributed by atoms with Crippen molar-refractivity contribution >= 4 is 28.7 Å². The summed E-state index contributed by atoms with van der Waals surface area (Å²) in [7, 11) is 0. The van der Waals surface area contributed by atoms with Crippen molar-refractivity contribution in [3.63, 3.8) is 0 Å². The summed E-state index contributed by atoms with van der Waals surface area (Å²) >= 11 is 0. The molecule has 0 saturated carbocycles. The van der Waals surface area contributed by atoms with Crippen molar-refractivity contribution in [1.29, 1.82) is 0 Å². The highest BCUT2D eigenvalue weighted by Crippen LogP contribution is 2.43. The monoisotopic (exact) mass is 517 g/mol. The van der Waals surface area contributed by atoms with Crippen LogP contribution in [-0.2, 0) is 6.18 Å². The molecule has 0 aliphatic rings. The fourth-order valence-electron chi connectivity index (χ4n) is 3.97. The zero-order chi connectivity index (χ0) is 27.0. The minimum absolute atomic E-state index is 0.0291. The maximum absolute atomic E-state index is 13.0. The molecule has 0 unspecified atom stereocenters. The zero-order valence-corrected chi connectivity index (χ0v) is 19.7. The van der Waals surface area contributed by atoms with Crippen LogP contribution in [0.25, 0.3) is 33.2 Å². The van der Waals surface area contributed by atoms with Crippen molar-refractivity contribution in [3.05, 3.63) is 84.1 Å². The van der Waals surface area contributed by atoms with Gasteiger partial charge in [0, 0.05) is 46.9 Å². The lowest BCUT2D eigenvalue weighted by atomic mass is 9.92. The van der Waals surface area contributed by atoms with E-state index in [4.69, 9.17) is 5.73 Å². The predicted molar refractivity (Wildman–Crippen MR) is 134 cm³/mol. The Hall–Kier alpha value is -5.13. The molecule has 0 bridgehead atoms. The number of aromatic hydroxyl groups is 1. The smallest absolute Gasteiger partial charge is 0.433 e. The molecule has 0 saturated heterocycles. The lowest BCUT2D eigenvalue weighted by Crippen LogP contribution is -2.17. The van der Waals surface area contributed by atoms with Gasteiger partial charge in [-0.15, -0.1) is 0 Å². The highest BCUT2D eigenvalue weighted by atomic mass is 19.4. The van der Waals surface area contributed by atoms with Gasteiger partial charge in [0.05, 0.1) is 11.1 Å². The average molecular weight is 517 g/mol. The van der Waals surface area contributed by atoms with Crippen LogP contribution in [-0.4, -0.2) is 35.9 Å². The zero-order valence-electron chi connectivity index (χ0n) is 19.7. The first-order chi connectivity index (χ1) is 18.1. The lowest BCUT2D eigenvalue weighted by molar-refractivity contribution is -0.141. The number of rotatable bonds is 4. The number of aromatic nitrogens is 5. The van der Waals surface area contributed by atoms with Crippen LogP contribution >= 0.6 is 0 Å². The third-order valence-electron chi connectivity index (χ3n) is 5.78. The number of nitrogen functional groups attached to an aromatic ring is 1. The highest BCUT2D eigenvalue weighted by molar-refractivity contribution is 6.06. The van der Waals surface area contributed by atoms with Crippen LogP contribution in [0.15, 0.2) is 67.3 Å². The van der Waals surface area contributed by atoms with E-state index in [-0.39, 0.29) is 17.3 Å². The second-order valence-corrected chi connectivity index (χ2v) is 8.30. The molecule has 5 aromatic rings. The molecular weight excluding hydrogens is 499 g/mol. The Morgan fingerprint density at radius 3 is 2.55 bits per heavy atom. The molecule has 0 radical (unpaired) electrons. The van der Waals surface area contributed by atoms with Gasteiger partial charge < -0.3 is 10.8 Å². The van der Waals surface area contributed by atoms with Gasteiger partial charge in [-0.05, 0) is 48.4 Å². The van der Waals surface area contributed by atoms with Gasteiger partial charge in [0.25, 0.3) is 5.91 Å². The van der Waals surface area contributed by atoms with E-state index in [9.17, 15) is 23.1 Å². The van der Waals surface area contributed by atoms with E-state index in [0.29, 0.717) is 39.2 Å². The van der Waals surface area contributed by atoms with Crippen LogP contribution in [0.2, 0.25) is 0 Å². The third kappa shape index (κ3) is 4.66. The first-order valence-electron chi connectivity index (χ1n) is 11.1. The normalized spacial score (nSPS) is 11.5. The summed E-state index contributed by atoms with van der Waals surface area (Å²) in [5.74, 6) is -1.31. The van der Waals surface area contributed by atoms with Crippen molar-refractivity contribution in [1.82, 2.24) is 24.9 Å². The number of anilines is 2. The molecule has 0 aliphatic carbocycles. The number of hydrogen-bond donors (Lipinski definition) is 3. The van der Waals surface area contributed by atoms with E-state index >= 15 is 0 Å². The number of nitrogens with zero attached hydrogens (tertiary/aromatic N) is 5. The highest BCUT2D eigenvalue weighted by Gasteiger charge is 2.33. The Morgan fingerprint density at radius 2 is 1.82 bits per heavy atom. The summed E-state index contributed by atoms with van der Waals surface area (Å²) in [6.07, 6.45) is 0.914. The molecule has 4 N–H and O–H groups in total. The number of halogens is 3. The van der Waals surface area contributed by atoms with Gasteiger partial charge >= 0.3 is 6.18 Å². The fourth-order valence-corrected chi connectivity index (χ4v) is 3.97. The molecule has 2 aromatic carbocycles. The average Bonchev–Trinajstić information content (AvgIpc) is 2.89. The largest absolute Gasteiger partial charge is 0.507 e. The Balaban J connectivity index is 1.60. The summed E-state index contributed by atoms with van der Waals surface area (Å²) in [6.45, 7) is 1.79. The van der Waals surface area contributed by atoms with Crippen LogP contribution in [0.3, 0.4) is 0 Å². The van der Waals surface area contributed by atoms with Crippen LogP contribution in [0.4, 0.5) is 25.1 Å². The van der Waals surface area contributed by atoms with Gasteiger partial charge in [-0.3, -0.25) is 15.1 Å². The molecule has 38 heavy (non-hydrogen) atoms. The number of hydrogen-bond acceptors (Lipinski definition) is 8. The van der Waals surface area contributed by atoms with Gasteiger partial charge in [0.2, 0.25) is 11.9 Å². The number of fused-ring (bicyclic) bond motifs is 1. The Morgan fingerprint density at radius 1 is 1.00 bits per heavy atom. The van der Waals surface area contributed by atoms with Gasteiger partial charge in [-0.25, -0.2) is 19.9 Å². The number of pyridine rings is 1. The van der Waals surface area contributed by atoms with Gasteiger partial charge in [0.15, 0.2) is 0 Å². The van der Waals surface area contributed by atoms with Gasteiger partial charge in [0.1, 0.15) is 11.4 Å². The predicted octanol–water partition coefficient (Wildman–Crippen LogP) is 5.02. The second-order valence-electron chi connectivity index (χ2n) is 8.30. The number of amides is 1. The molecule has 1 amide bonds. The minimum Gasteiger partial charge on any atom is -0.507 e. The van der Waals surface area contributed by atoms with E-state index in [1.807, 2.05) is 0 Å². The number of carbonyl (C=O) groups is 1. The van der Waals surface area contributed by atoms with Crippen LogP contribution in [0, 0.1) is 6.92 Å². The number of nitrogens with two attached hydrogens (primary N) is 1. The molecular formula is C26H18F3N7O2. The Labute approximate surface area is 213 Å². The molecule has 0 spiro atoms. The van der Waals surface area contributed by atoms with Crippen molar-refractivity contribution in [2.45, 2.75) is 13.1 Å². The van der Waals surface area contributed by atoms with E-state index in [1.165, 1.54) is 18.3 Å². The maximum atomic E-state index is 13.0. The SMILES string of the molecule is Cc1ccc(C(=O)Nc2nccc(C(F)(F)F)n2)cc1-c1cc2cnc(N)nc2c(-c2cccnc2)c1O. The number of benzene rings is 2. The number of alkyl halides is 3. The number of nitrogens with one attached hydrogen (secondary N) is 1. The standard InChI is InChI=1S/C26H18F3N7O2/c1-13-4-5-14(23(38)36-25-32-8-6-19(34-25)26(27,28)29)9-17(13)18-10-16-12-33-24(30)35-21(16)20(22(18)37)15-3-2-7-31-11-15/h2-12,37H,1H3,(H2,30,33,35)(H,32,34,36,38). The van der Waals surface area contributed by atoms with Crippen LogP contribution in [0.1, 0.15) is 21.6 Å². The van der Waals surface area contributed by atoms with Crippen molar-refractivity contribution in [3.8, 4) is 28.0 Å². The first kappa shape index (κ1) is 24.6. The van der Waals surface area contributed by atoms with Crippen LogP contribution in [0.5, 0.6) is 5.75 Å². The summed E-state index contributed by atoms with van der Waals surface area (Å²) in [5.41, 5.74) is 7.73. The summed E-state index contributed by atoms with van der Waals surface area (Å²) in [5, 5.41) is 14.3. The molecule has 3 aromatic heterocycles. The molecule has 3 heterocycles. The van der Waals surface area contributed by atoms with E-state index in [2.05, 4.69) is 30.2 Å². The fraction of sp³-hybridized carbons (Fsp3) is 0.0769. The number of phenols is 1. The van der Waals surface area contributed by atoms with Crippen molar-refractivity contribution in [2.75, 3.05) is 11.1 Å². The molecule has 5 rings (SSSR count). The molecule has 0 fully saturated rings. The van der Waals surface area contributed by atoms with Gasteiger partial charge in [-0.1, -0.05) is 12.1 Å². The van der Waals surface area contributed by atoms with E-state index in [1.54, 1.807) is 43.6 Å². The summed E-state index contributed by atoms with van der Waals surface area (Å²) < 4.78 is 39.0. The number of carbonyl (C=O) groups excluding carboxylic acids is 1. The minimum atomic E-state index is -4.69.